The van der Waals surface area contributed by atoms with E-state index in [1.54, 1.807) is 6.07 Å². The van der Waals surface area contributed by atoms with E-state index in [9.17, 15) is 4.39 Å². The largest absolute Gasteiger partial charge is 0.312 e. The normalized spacial score (nSPS) is 24.2. The predicted molar refractivity (Wildman–Crippen MR) is 68.6 cm³/mol. The molecule has 0 saturated carbocycles. The molecule has 0 saturated heterocycles. The number of hydrogen-bond acceptors (Lipinski definition) is 2. The van der Waals surface area contributed by atoms with Crippen LogP contribution >= 0.6 is 23.4 Å². The molecule has 0 amide bonds. The van der Waals surface area contributed by atoms with Crippen LogP contribution in [0.2, 0.25) is 5.02 Å². The molecule has 1 aliphatic rings. The Morgan fingerprint density at radius 2 is 2.31 bits per heavy atom. The van der Waals surface area contributed by atoms with Crippen LogP contribution in [0, 0.1) is 5.82 Å². The summed E-state index contributed by atoms with van der Waals surface area (Å²) in [6.07, 6.45) is 1.07. The monoisotopic (exact) mass is 259 g/mol. The molecule has 0 radical (unpaired) electrons. The molecule has 0 aliphatic carbocycles. The molecule has 1 nitrogen and oxygen atoms in total. The Morgan fingerprint density at radius 1 is 1.56 bits per heavy atom. The van der Waals surface area contributed by atoms with Gasteiger partial charge in [0.15, 0.2) is 0 Å². The fourth-order valence-corrected chi connectivity index (χ4v) is 4.01. The van der Waals surface area contributed by atoms with Gasteiger partial charge in [0.2, 0.25) is 0 Å². The zero-order valence-electron chi connectivity index (χ0n) is 9.39. The average molecular weight is 260 g/mol. The molecule has 4 heteroatoms. The van der Waals surface area contributed by atoms with Gasteiger partial charge in [0.25, 0.3) is 0 Å². The Balaban J connectivity index is 2.47. The lowest BCUT2D eigenvalue weighted by atomic mass is 9.96. The Hall–Kier alpha value is -0.250. The number of nitrogens with one attached hydrogen (secondary N) is 1. The van der Waals surface area contributed by atoms with Gasteiger partial charge in [-0.2, -0.15) is 11.8 Å². The minimum absolute atomic E-state index is 0.201. The fourth-order valence-electron chi connectivity index (χ4n) is 2.23. The van der Waals surface area contributed by atoms with Crippen molar-refractivity contribution in [1.29, 1.82) is 0 Å². The molecule has 16 heavy (non-hydrogen) atoms. The first kappa shape index (κ1) is 12.2. The standard InChI is InChI=1S/C12H15ClFNS/c1-3-11-12(15-2)8-4-7(14)5-10(13)9(8)6-16-11/h4-5,11-12,15H,3,6H2,1-2H3. The zero-order chi connectivity index (χ0) is 11.7. The highest BCUT2D eigenvalue weighted by molar-refractivity contribution is 7.99. The maximum Gasteiger partial charge on any atom is 0.125 e. The van der Waals surface area contributed by atoms with Crippen molar-refractivity contribution in [3.8, 4) is 0 Å². The molecule has 2 atom stereocenters. The highest BCUT2D eigenvalue weighted by Gasteiger charge is 2.29. The van der Waals surface area contributed by atoms with Gasteiger partial charge in [-0.05, 0) is 36.7 Å². The predicted octanol–water partition coefficient (Wildman–Crippen LogP) is 3.77. The Bertz CT molecular complexity index is 397. The summed E-state index contributed by atoms with van der Waals surface area (Å²) >= 11 is 7.97. The smallest absolute Gasteiger partial charge is 0.125 e. The summed E-state index contributed by atoms with van der Waals surface area (Å²) in [4.78, 5) is 0. The first-order valence-electron chi connectivity index (χ1n) is 5.44. The van der Waals surface area contributed by atoms with Crippen LogP contribution in [0.25, 0.3) is 0 Å². The van der Waals surface area contributed by atoms with E-state index in [1.165, 1.54) is 6.07 Å². The third-order valence-electron chi connectivity index (χ3n) is 3.06. The van der Waals surface area contributed by atoms with Crippen LogP contribution in [0.5, 0.6) is 0 Å². The Morgan fingerprint density at radius 3 is 2.94 bits per heavy atom. The lowest BCUT2D eigenvalue weighted by Gasteiger charge is -2.33. The molecule has 88 valence electrons. The van der Waals surface area contributed by atoms with Crippen molar-refractivity contribution in [1.82, 2.24) is 5.32 Å². The first-order chi connectivity index (χ1) is 7.67. The summed E-state index contributed by atoms with van der Waals surface area (Å²) in [6, 6.07) is 3.22. The third-order valence-corrected chi connectivity index (χ3v) is 4.88. The molecule has 1 heterocycles. The minimum atomic E-state index is -0.245. The van der Waals surface area contributed by atoms with Crippen molar-refractivity contribution in [3.05, 3.63) is 34.1 Å². The van der Waals surface area contributed by atoms with E-state index < -0.39 is 0 Å². The van der Waals surface area contributed by atoms with Gasteiger partial charge in [-0.25, -0.2) is 4.39 Å². The number of rotatable bonds is 2. The highest BCUT2D eigenvalue weighted by Crippen LogP contribution is 2.41. The van der Waals surface area contributed by atoms with E-state index in [-0.39, 0.29) is 11.9 Å². The second kappa shape index (κ2) is 4.94. The number of thioether (sulfide) groups is 1. The van der Waals surface area contributed by atoms with Gasteiger partial charge in [-0.15, -0.1) is 0 Å². The van der Waals surface area contributed by atoms with Gasteiger partial charge in [-0.3, -0.25) is 0 Å². The van der Waals surface area contributed by atoms with E-state index in [4.69, 9.17) is 11.6 Å². The average Bonchev–Trinajstić information content (AvgIpc) is 2.27. The lowest BCUT2D eigenvalue weighted by molar-refractivity contribution is 0.539. The van der Waals surface area contributed by atoms with Gasteiger partial charge in [0.05, 0.1) is 0 Å². The Labute approximate surface area is 105 Å². The van der Waals surface area contributed by atoms with E-state index >= 15 is 0 Å². The van der Waals surface area contributed by atoms with Gasteiger partial charge < -0.3 is 5.32 Å². The minimum Gasteiger partial charge on any atom is -0.312 e. The molecule has 1 N–H and O–H groups in total. The molecule has 0 aromatic heterocycles. The van der Waals surface area contributed by atoms with Crippen LogP contribution in [0.1, 0.15) is 30.5 Å². The molecule has 0 bridgehead atoms. The van der Waals surface area contributed by atoms with Crippen LogP contribution in [-0.2, 0) is 5.75 Å². The summed E-state index contributed by atoms with van der Waals surface area (Å²) in [6.45, 7) is 2.16. The molecule has 2 rings (SSSR count). The summed E-state index contributed by atoms with van der Waals surface area (Å²) < 4.78 is 13.4. The second-order valence-corrected chi connectivity index (χ2v) is 5.61. The summed E-state index contributed by atoms with van der Waals surface area (Å²) in [5.74, 6) is 0.635. The van der Waals surface area contributed by atoms with Gasteiger partial charge in [0, 0.05) is 22.1 Å². The summed E-state index contributed by atoms with van der Waals surface area (Å²) in [7, 11) is 1.92. The summed E-state index contributed by atoms with van der Waals surface area (Å²) in [5, 5.41) is 4.32. The van der Waals surface area contributed by atoms with E-state index in [0.717, 1.165) is 23.3 Å². The zero-order valence-corrected chi connectivity index (χ0v) is 11.0. The van der Waals surface area contributed by atoms with Crippen molar-refractivity contribution in [3.63, 3.8) is 0 Å². The van der Waals surface area contributed by atoms with Gasteiger partial charge in [-0.1, -0.05) is 18.5 Å². The molecule has 0 spiro atoms. The van der Waals surface area contributed by atoms with Crippen molar-refractivity contribution < 1.29 is 4.39 Å². The molecule has 1 aromatic carbocycles. The first-order valence-corrected chi connectivity index (χ1v) is 6.86. The van der Waals surface area contributed by atoms with Crippen molar-refractivity contribution >= 4 is 23.4 Å². The van der Waals surface area contributed by atoms with Crippen molar-refractivity contribution in [2.24, 2.45) is 0 Å². The molecule has 0 fully saturated rings. The molecular weight excluding hydrogens is 245 g/mol. The van der Waals surface area contributed by atoms with Crippen molar-refractivity contribution in [2.75, 3.05) is 7.05 Å². The lowest BCUT2D eigenvalue weighted by Crippen LogP contribution is -2.31. The number of hydrogen-bond donors (Lipinski definition) is 1. The Kier molecular flexibility index (Phi) is 3.77. The third kappa shape index (κ3) is 2.08. The van der Waals surface area contributed by atoms with Crippen LogP contribution in [0.4, 0.5) is 4.39 Å². The number of halogens is 2. The molecule has 2 unspecified atom stereocenters. The number of benzene rings is 1. The van der Waals surface area contributed by atoms with Crippen molar-refractivity contribution in [2.45, 2.75) is 30.4 Å². The molecule has 1 aliphatic heterocycles. The number of fused-ring (bicyclic) bond motifs is 1. The molecule has 1 aromatic rings. The topological polar surface area (TPSA) is 12.0 Å². The van der Waals surface area contributed by atoms with Crippen LogP contribution in [-0.4, -0.2) is 12.3 Å². The quantitative estimate of drug-likeness (QED) is 0.868. The van der Waals surface area contributed by atoms with Gasteiger partial charge in [0.1, 0.15) is 5.82 Å². The maximum absolute atomic E-state index is 13.4. The SMILES string of the molecule is CCC1SCc2c(Cl)cc(F)cc2C1NC. The van der Waals surface area contributed by atoms with E-state index in [1.807, 2.05) is 18.8 Å². The fraction of sp³-hybridized carbons (Fsp3) is 0.500. The molecular formula is C12H15ClFNS. The second-order valence-electron chi connectivity index (χ2n) is 3.98. The van der Waals surface area contributed by atoms with Crippen LogP contribution in [0.3, 0.4) is 0 Å². The van der Waals surface area contributed by atoms with Crippen LogP contribution in [0.15, 0.2) is 12.1 Å². The van der Waals surface area contributed by atoms with E-state index in [2.05, 4.69) is 12.2 Å². The summed E-state index contributed by atoms with van der Waals surface area (Å²) in [5.41, 5.74) is 2.11. The maximum atomic E-state index is 13.4. The van der Waals surface area contributed by atoms with Gasteiger partial charge >= 0.3 is 0 Å². The highest BCUT2D eigenvalue weighted by atomic mass is 35.5. The van der Waals surface area contributed by atoms with E-state index in [0.29, 0.717) is 10.3 Å². The van der Waals surface area contributed by atoms with Crippen LogP contribution < -0.4 is 5.32 Å².